The molecule has 1 aliphatic carbocycles. The minimum Gasteiger partial charge on any atom is -0.378 e. The number of anilines is 1. The second-order valence-corrected chi connectivity index (χ2v) is 7.08. The zero-order chi connectivity index (χ0) is 13.2. The molecule has 1 aromatic heterocycles. The molecule has 0 bridgehead atoms. The highest BCUT2D eigenvalue weighted by Gasteiger charge is 2.28. The van der Waals surface area contributed by atoms with Crippen LogP contribution in [0.2, 0.25) is 5.15 Å². The molecule has 4 nitrogen and oxygen atoms in total. The maximum Gasteiger partial charge on any atom is 0.131 e. The van der Waals surface area contributed by atoms with Crippen molar-refractivity contribution in [1.29, 1.82) is 0 Å². The Bertz CT molecular complexity index is 488. The molecule has 0 radical (unpaired) electrons. The van der Waals surface area contributed by atoms with Crippen LogP contribution in [0, 0.1) is 0 Å². The smallest absolute Gasteiger partial charge is 0.131 e. The molecule has 0 N–H and O–H groups in total. The molecule has 1 unspecified atom stereocenters. The Morgan fingerprint density at radius 3 is 2.79 bits per heavy atom. The van der Waals surface area contributed by atoms with Crippen LogP contribution in [0.4, 0.5) is 5.82 Å². The van der Waals surface area contributed by atoms with Crippen LogP contribution in [0.15, 0.2) is 12.1 Å². The molecule has 19 heavy (non-hydrogen) atoms. The normalized spacial score (nSPS) is 21.4. The van der Waals surface area contributed by atoms with E-state index in [-0.39, 0.29) is 0 Å². The van der Waals surface area contributed by atoms with Crippen LogP contribution in [0.3, 0.4) is 0 Å². The molecule has 1 saturated carbocycles. The van der Waals surface area contributed by atoms with E-state index in [1.54, 1.807) is 0 Å². The molecule has 0 spiro atoms. The van der Waals surface area contributed by atoms with Crippen molar-refractivity contribution in [2.75, 3.05) is 31.2 Å². The second kappa shape index (κ2) is 5.77. The summed E-state index contributed by atoms with van der Waals surface area (Å²) in [6, 6.07) is 3.84. The van der Waals surface area contributed by atoms with E-state index < -0.39 is 10.8 Å². The highest BCUT2D eigenvalue weighted by Crippen LogP contribution is 2.29. The maximum atomic E-state index is 12.0. The zero-order valence-corrected chi connectivity index (χ0v) is 12.3. The van der Waals surface area contributed by atoms with E-state index in [0.29, 0.717) is 16.2 Å². The monoisotopic (exact) mass is 300 g/mol. The largest absolute Gasteiger partial charge is 0.378 e. The van der Waals surface area contributed by atoms with Crippen molar-refractivity contribution in [1.82, 2.24) is 4.98 Å². The molecule has 1 atom stereocenters. The van der Waals surface area contributed by atoms with E-state index in [0.717, 1.165) is 50.5 Å². The molecule has 0 amide bonds. The van der Waals surface area contributed by atoms with Gasteiger partial charge in [-0.2, -0.15) is 0 Å². The molecule has 1 aromatic rings. The van der Waals surface area contributed by atoms with Crippen molar-refractivity contribution in [3.05, 3.63) is 22.8 Å². The first kappa shape index (κ1) is 13.3. The third kappa shape index (κ3) is 3.46. The van der Waals surface area contributed by atoms with Crippen LogP contribution >= 0.6 is 11.6 Å². The lowest BCUT2D eigenvalue weighted by Gasteiger charge is -2.28. The number of nitrogens with zero attached hydrogens (tertiary/aromatic N) is 2. The van der Waals surface area contributed by atoms with Crippen molar-refractivity contribution < 1.29 is 8.95 Å². The van der Waals surface area contributed by atoms with Gasteiger partial charge in [0.25, 0.3) is 0 Å². The third-order valence-electron chi connectivity index (χ3n) is 3.38. The van der Waals surface area contributed by atoms with Crippen LogP contribution in [-0.2, 0) is 21.3 Å². The van der Waals surface area contributed by atoms with Crippen LogP contribution in [0.1, 0.15) is 18.4 Å². The van der Waals surface area contributed by atoms with Crippen molar-refractivity contribution in [2.24, 2.45) is 0 Å². The van der Waals surface area contributed by atoms with Crippen molar-refractivity contribution >= 4 is 28.2 Å². The van der Waals surface area contributed by atoms with Gasteiger partial charge >= 0.3 is 0 Å². The van der Waals surface area contributed by atoms with Crippen LogP contribution in [-0.4, -0.2) is 40.7 Å². The maximum absolute atomic E-state index is 12.0. The summed E-state index contributed by atoms with van der Waals surface area (Å²) < 4.78 is 17.3. The first-order valence-electron chi connectivity index (χ1n) is 6.59. The highest BCUT2D eigenvalue weighted by molar-refractivity contribution is 7.85. The fourth-order valence-electron chi connectivity index (χ4n) is 2.19. The molecule has 1 aliphatic heterocycles. The molecular weight excluding hydrogens is 284 g/mol. The number of hydrogen-bond donors (Lipinski definition) is 0. The molecule has 2 aliphatic rings. The van der Waals surface area contributed by atoms with Gasteiger partial charge in [-0.3, -0.25) is 4.21 Å². The van der Waals surface area contributed by atoms with E-state index in [9.17, 15) is 4.21 Å². The van der Waals surface area contributed by atoms with Gasteiger partial charge in [-0.15, -0.1) is 0 Å². The van der Waals surface area contributed by atoms with E-state index in [1.807, 2.05) is 12.1 Å². The van der Waals surface area contributed by atoms with Gasteiger partial charge in [-0.25, -0.2) is 4.98 Å². The number of hydrogen-bond acceptors (Lipinski definition) is 4. The summed E-state index contributed by atoms with van der Waals surface area (Å²) in [5.41, 5.74) is 1.02. The van der Waals surface area contributed by atoms with E-state index in [2.05, 4.69) is 9.88 Å². The van der Waals surface area contributed by atoms with Crippen molar-refractivity contribution in [3.63, 3.8) is 0 Å². The quantitative estimate of drug-likeness (QED) is 0.798. The molecule has 2 fully saturated rings. The summed E-state index contributed by atoms with van der Waals surface area (Å²) in [7, 11) is -0.763. The summed E-state index contributed by atoms with van der Waals surface area (Å²) in [6.45, 7) is 3.10. The number of rotatable bonds is 4. The molecular formula is C13H17ClN2O2S. The topological polar surface area (TPSA) is 42.4 Å². The molecule has 3 rings (SSSR count). The van der Waals surface area contributed by atoms with Gasteiger partial charge in [0.1, 0.15) is 11.0 Å². The molecule has 6 heteroatoms. The van der Waals surface area contributed by atoms with Gasteiger partial charge in [-0.1, -0.05) is 11.6 Å². The Balaban J connectivity index is 1.76. The molecule has 104 valence electrons. The zero-order valence-electron chi connectivity index (χ0n) is 10.7. The summed E-state index contributed by atoms with van der Waals surface area (Å²) in [4.78, 5) is 6.53. The van der Waals surface area contributed by atoms with Gasteiger partial charge < -0.3 is 9.64 Å². The first-order chi connectivity index (χ1) is 9.22. The van der Waals surface area contributed by atoms with Crippen LogP contribution in [0.25, 0.3) is 0 Å². The summed E-state index contributed by atoms with van der Waals surface area (Å²) >= 11 is 6.08. The van der Waals surface area contributed by atoms with Crippen LogP contribution in [0.5, 0.6) is 0 Å². The second-order valence-electron chi connectivity index (χ2n) is 4.98. The number of ether oxygens (including phenoxy) is 1. The van der Waals surface area contributed by atoms with Crippen molar-refractivity contribution in [3.8, 4) is 0 Å². The molecule has 0 aromatic carbocycles. The predicted octanol–water partition coefficient (Wildman–Crippen LogP) is 1.98. The number of aromatic nitrogens is 1. The van der Waals surface area contributed by atoms with Gasteiger partial charge in [0.15, 0.2) is 0 Å². The van der Waals surface area contributed by atoms with Crippen LogP contribution < -0.4 is 4.90 Å². The fourth-order valence-corrected chi connectivity index (χ4v) is 3.80. The van der Waals surface area contributed by atoms with Crippen molar-refractivity contribution in [2.45, 2.75) is 23.8 Å². The Morgan fingerprint density at radius 1 is 1.37 bits per heavy atom. The Morgan fingerprint density at radius 2 is 2.11 bits per heavy atom. The number of morpholine rings is 1. The SMILES string of the molecule is O=S(Cc1cc(Cl)nc(N2CCOCC2)c1)C1CC1. The van der Waals surface area contributed by atoms with E-state index >= 15 is 0 Å². The Labute approximate surface area is 120 Å². The third-order valence-corrected chi connectivity index (χ3v) is 5.41. The minimum absolute atomic E-state index is 0.402. The van der Waals surface area contributed by atoms with E-state index in [1.165, 1.54) is 0 Å². The van der Waals surface area contributed by atoms with Gasteiger partial charge in [0, 0.05) is 34.9 Å². The standard InChI is InChI=1S/C13H17ClN2O2S/c14-12-7-10(9-19(17)11-1-2-11)8-13(15-12)16-3-5-18-6-4-16/h7-8,11H,1-6,9H2. The average Bonchev–Trinajstić information content (AvgIpc) is 3.23. The summed E-state index contributed by atoms with van der Waals surface area (Å²) in [6.07, 6.45) is 2.20. The van der Waals surface area contributed by atoms with Gasteiger partial charge in [-0.05, 0) is 30.5 Å². The molecule has 1 saturated heterocycles. The Hall–Kier alpha value is -0.650. The highest BCUT2D eigenvalue weighted by atomic mass is 35.5. The lowest BCUT2D eigenvalue weighted by Crippen LogP contribution is -2.36. The first-order valence-corrected chi connectivity index (χ1v) is 8.35. The van der Waals surface area contributed by atoms with E-state index in [4.69, 9.17) is 16.3 Å². The number of pyridine rings is 1. The summed E-state index contributed by atoms with van der Waals surface area (Å²) in [5.74, 6) is 1.46. The lowest BCUT2D eigenvalue weighted by atomic mass is 10.3. The predicted molar refractivity (Wildman–Crippen MR) is 77.1 cm³/mol. The van der Waals surface area contributed by atoms with Gasteiger partial charge in [0.2, 0.25) is 0 Å². The van der Waals surface area contributed by atoms with Gasteiger partial charge in [0.05, 0.1) is 13.2 Å². The minimum atomic E-state index is -0.763. The Kier molecular flexibility index (Phi) is 4.05. The lowest BCUT2D eigenvalue weighted by molar-refractivity contribution is 0.122. The average molecular weight is 301 g/mol. The summed E-state index contributed by atoms with van der Waals surface area (Å²) in [5, 5.41) is 0.880. The molecule has 2 heterocycles. The fraction of sp³-hybridized carbons (Fsp3) is 0.615. The number of halogens is 1.